The molecule has 3 fully saturated rings. The van der Waals surface area contributed by atoms with Gasteiger partial charge < -0.3 is 34.2 Å². The zero-order chi connectivity index (χ0) is 14.5. The molecule has 3 aliphatic heterocycles. The fraction of sp³-hybridized carbons (Fsp3) is 1.00. The third-order valence-corrected chi connectivity index (χ3v) is 3.89. The summed E-state index contributed by atoms with van der Waals surface area (Å²) in [7, 11) is 0. The molecule has 0 amide bonds. The Morgan fingerprint density at radius 1 is 0.905 bits per heavy atom. The van der Waals surface area contributed by atoms with Crippen molar-refractivity contribution in [2.75, 3.05) is 66.0 Å². The molecular formula is C14H25NO6. The SMILES string of the molecule is NCC(COCC1CO1)(COCC1CO1)COC1COC1. The van der Waals surface area contributed by atoms with Crippen LogP contribution in [0.1, 0.15) is 0 Å². The van der Waals surface area contributed by atoms with Crippen molar-refractivity contribution in [3.05, 3.63) is 0 Å². The van der Waals surface area contributed by atoms with Crippen LogP contribution in [0.15, 0.2) is 0 Å². The van der Waals surface area contributed by atoms with Crippen LogP contribution in [0.5, 0.6) is 0 Å². The van der Waals surface area contributed by atoms with Gasteiger partial charge in [-0.1, -0.05) is 0 Å². The summed E-state index contributed by atoms with van der Waals surface area (Å²) < 4.78 is 32.8. The quantitative estimate of drug-likeness (QED) is 0.471. The third kappa shape index (κ3) is 5.14. The second kappa shape index (κ2) is 7.32. The molecule has 2 atom stereocenters. The lowest BCUT2D eigenvalue weighted by molar-refractivity contribution is -0.160. The molecule has 0 aromatic rings. The molecule has 7 heteroatoms. The van der Waals surface area contributed by atoms with Crippen molar-refractivity contribution in [3.63, 3.8) is 0 Å². The van der Waals surface area contributed by atoms with Gasteiger partial charge in [-0.15, -0.1) is 0 Å². The monoisotopic (exact) mass is 303 g/mol. The van der Waals surface area contributed by atoms with Crippen LogP contribution in [0.3, 0.4) is 0 Å². The highest BCUT2D eigenvalue weighted by Crippen LogP contribution is 2.22. The molecule has 2 unspecified atom stereocenters. The van der Waals surface area contributed by atoms with E-state index in [2.05, 4.69) is 0 Å². The fourth-order valence-electron chi connectivity index (χ4n) is 2.05. The third-order valence-electron chi connectivity index (χ3n) is 3.89. The number of epoxide rings is 2. The Hall–Kier alpha value is -0.280. The van der Waals surface area contributed by atoms with Gasteiger partial charge in [0.2, 0.25) is 0 Å². The molecule has 122 valence electrons. The van der Waals surface area contributed by atoms with E-state index in [1.807, 2.05) is 0 Å². The van der Waals surface area contributed by atoms with Gasteiger partial charge in [0.25, 0.3) is 0 Å². The van der Waals surface area contributed by atoms with E-state index in [9.17, 15) is 0 Å². The van der Waals surface area contributed by atoms with Crippen LogP contribution in [-0.4, -0.2) is 84.3 Å². The van der Waals surface area contributed by atoms with Gasteiger partial charge in [0.15, 0.2) is 0 Å². The van der Waals surface area contributed by atoms with Crippen molar-refractivity contribution < 1.29 is 28.4 Å². The number of hydrogen-bond donors (Lipinski definition) is 1. The predicted octanol–water partition coefficient (Wildman–Crippen LogP) is -0.822. The molecule has 0 saturated carbocycles. The van der Waals surface area contributed by atoms with Crippen molar-refractivity contribution in [3.8, 4) is 0 Å². The lowest BCUT2D eigenvalue weighted by Crippen LogP contribution is -2.47. The van der Waals surface area contributed by atoms with E-state index in [1.165, 1.54) is 0 Å². The lowest BCUT2D eigenvalue weighted by Gasteiger charge is -2.35. The molecule has 21 heavy (non-hydrogen) atoms. The minimum absolute atomic E-state index is 0.175. The maximum absolute atomic E-state index is 5.98. The first kappa shape index (κ1) is 15.6. The average molecular weight is 303 g/mol. The van der Waals surface area contributed by atoms with E-state index in [0.29, 0.717) is 52.8 Å². The maximum Gasteiger partial charge on any atom is 0.104 e. The highest BCUT2D eigenvalue weighted by molar-refractivity contribution is 4.83. The van der Waals surface area contributed by atoms with Crippen molar-refractivity contribution >= 4 is 0 Å². The van der Waals surface area contributed by atoms with Crippen molar-refractivity contribution in [2.45, 2.75) is 18.3 Å². The summed E-state index contributed by atoms with van der Waals surface area (Å²) in [5, 5.41) is 0. The summed E-state index contributed by atoms with van der Waals surface area (Å²) in [5.41, 5.74) is 5.66. The summed E-state index contributed by atoms with van der Waals surface area (Å²) in [5.74, 6) is 0. The van der Waals surface area contributed by atoms with Gasteiger partial charge in [-0.3, -0.25) is 0 Å². The highest BCUT2D eigenvalue weighted by Gasteiger charge is 2.35. The Morgan fingerprint density at radius 3 is 1.86 bits per heavy atom. The Kier molecular flexibility index (Phi) is 5.44. The molecule has 3 aliphatic rings. The topological polar surface area (TPSA) is 88.0 Å². The Labute approximate surface area is 124 Å². The highest BCUT2D eigenvalue weighted by atomic mass is 16.6. The Balaban J connectivity index is 1.43. The van der Waals surface area contributed by atoms with Crippen molar-refractivity contribution in [1.29, 1.82) is 0 Å². The average Bonchev–Trinajstić information content (AvgIpc) is 3.31. The first-order valence-corrected chi connectivity index (χ1v) is 7.58. The van der Waals surface area contributed by atoms with E-state index in [0.717, 1.165) is 13.2 Å². The van der Waals surface area contributed by atoms with Crippen LogP contribution < -0.4 is 5.73 Å². The molecule has 7 nitrogen and oxygen atoms in total. The van der Waals surface area contributed by atoms with Gasteiger partial charge >= 0.3 is 0 Å². The molecule has 0 aromatic heterocycles. The van der Waals surface area contributed by atoms with Gasteiger partial charge in [0, 0.05) is 6.54 Å². The van der Waals surface area contributed by atoms with Crippen LogP contribution >= 0.6 is 0 Å². The first-order valence-electron chi connectivity index (χ1n) is 7.58. The number of rotatable bonds is 12. The van der Waals surface area contributed by atoms with Gasteiger partial charge in [0.05, 0.1) is 64.9 Å². The molecule has 0 spiro atoms. The standard InChI is InChI=1S/C14H25NO6/c15-7-14(8-17-3-12-5-19-12,9-18-4-13-6-20-13)10-21-11-1-16-2-11/h11-13H,1-10,15H2. The summed E-state index contributed by atoms with van der Waals surface area (Å²) in [6.07, 6.45) is 0.680. The van der Waals surface area contributed by atoms with E-state index >= 15 is 0 Å². The Morgan fingerprint density at radius 2 is 1.48 bits per heavy atom. The molecule has 0 aromatic carbocycles. The van der Waals surface area contributed by atoms with Crippen LogP contribution in [0.25, 0.3) is 0 Å². The van der Waals surface area contributed by atoms with Gasteiger partial charge in [-0.25, -0.2) is 0 Å². The van der Waals surface area contributed by atoms with E-state index < -0.39 is 0 Å². The Bertz CT molecular complexity index is 299. The van der Waals surface area contributed by atoms with Gasteiger partial charge in [-0.2, -0.15) is 0 Å². The molecule has 3 saturated heterocycles. The van der Waals surface area contributed by atoms with Gasteiger partial charge in [0.1, 0.15) is 18.3 Å². The summed E-state index contributed by atoms with van der Waals surface area (Å²) >= 11 is 0. The van der Waals surface area contributed by atoms with Crippen molar-refractivity contribution in [1.82, 2.24) is 0 Å². The van der Waals surface area contributed by atoms with Gasteiger partial charge in [-0.05, 0) is 0 Å². The molecule has 3 heterocycles. The normalized spacial score (nSPS) is 30.7. The fourth-order valence-corrected chi connectivity index (χ4v) is 2.05. The molecule has 2 N–H and O–H groups in total. The first-order chi connectivity index (χ1) is 10.3. The zero-order valence-electron chi connectivity index (χ0n) is 12.3. The molecule has 0 radical (unpaired) electrons. The number of nitrogens with two attached hydrogens (primary N) is 1. The second-order valence-corrected chi connectivity index (χ2v) is 6.12. The molecule has 0 aliphatic carbocycles. The molecule has 3 rings (SSSR count). The minimum Gasteiger partial charge on any atom is -0.378 e. The van der Waals surface area contributed by atoms with E-state index in [1.54, 1.807) is 0 Å². The second-order valence-electron chi connectivity index (χ2n) is 6.12. The summed E-state index contributed by atoms with van der Waals surface area (Å²) in [4.78, 5) is 0. The van der Waals surface area contributed by atoms with E-state index in [4.69, 9.17) is 34.2 Å². The largest absolute Gasteiger partial charge is 0.378 e. The zero-order valence-corrected chi connectivity index (χ0v) is 12.3. The molecule has 0 bridgehead atoms. The maximum atomic E-state index is 5.98. The lowest BCUT2D eigenvalue weighted by atomic mass is 9.91. The smallest absolute Gasteiger partial charge is 0.104 e. The molecular weight excluding hydrogens is 278 g/mol. The minimum atomic E-state index is -0.320. The van der Waals surface area contributed by atoms with Crippen LogP contribution in [0.4, 0.5) is 0 Å². The summed E-state index contributed by atoms with van der Waals surface area (Å²) in [6, 6.07) is 0. The van der Waals surface area contributed by atoms with Crippen LogP contribution in [-0.2, 0) is 28.4 Å². The van der Waals surface area contributed by atoms with Crippen LogP contribution in [0, 0.1) is 5.41 Å². The van der Waals surface area contributed by atoms with E-state index in [-0.39, 0.29) is 23.7 Å². The number of hydrogen-bond acceptors (Lipinski definition) is 7. The van der Waals surface area contributed by atoms with Crippen molar-refractivity contribution in [2.24, 2.45) is 11.1 Å². The van der Waals surface area contributed by atoms with Crippen LogP contribution in [0.2, 0.25) is 0 Å². The predicted molar refractivity (Wildman–Crippen MR) is 73.2 cm³/mol. The number of ether oxygens (including phenoxy) is 6. The summed E-state index contributed by atoms with van der Waals surface area (Å²) in [6.45, 7) is 6.14.